The summed E-state index contributed by atoms with van der Waals surface area (Å²) in [4.78, 5) is 0.188. The summed E-state index contributed by atoms with van der Waals surface area (Å²) in [6.07, 6.45) is 0.888. The van der Waals surface area contributed by atoms with Crippen LogP contribution in [-0.4, -0.2) is 33.3 Å². The fourth-order valence-corrected chi connectivity index (χ4v) is 3.05. The van der Waals surface area contributed by atoms with Crippen molar-refractivity contribution in [3.8, 4) is 0 Å². The number of hydrogen-bond donors (Lipinski definition) is 2. The second kappa shape index (κ2) is 5.79. The highest BCUT2D eigenvalue weighted by molar-refractivity contribution is 7.89. The Morgan fingerprint density at radius 1 is 1.44 bits per heavy atom. The van der Waals surface area contributed by atoms with Crippen molar-refractivity contribution in [1.29, 1.82) is 0 Å². The van der Waals surface area contributed by atoms with Crippen molar-refractivity contribution in [2.75, 3.05) is 19.8 Å². The third kappa shape index (κ3) is 3.29. The molecule has 100 valence electrons. The fourth-order valence-electron chi connectivity index (χ4n) is 1.87. The molecule has 1 atom stereocenters. The van der Waals surface area contributed by atoms with Crippen molar-refractivity contribution in [2.24, 2.45) is 5.92 Å². The standard InChI is InChI=1S/C12H17NO4S/c14-8-10-2-1-3-12(6-10)18(15,16)13-7-11-4-5-17-9-11/h1-3,6,11,13-14H,4-5,7-9H2. The molecule has 0 bridgehead atoms. The number of aliphatic hydroxyl groups excluding tert-OH is 1. The van der Waals surface area contributed by atoms with Crippen LogP contribution in [0.1, 0.15) is 12.0 Å². The van der Waals surface area contributed by atoms with Gasteiger partial charge in [-0.05, 0) is 30.0 Å². The first kappa shape index (κ1) is 13.5. The summed E-state index contributed by atoms with van der Waals surface area (Å²) in [5.74, 6) is 0.251. The molecule has 0 spiro atoms. The van der Waals surface area contributed by atoms with Crippen molar-refractivity contribution in [2.45, 2.75) is 17.9 Å². The van der Waals surface area contributed by atoms with Gasteiger partial charge in [0, 0.05) is 13.2 Å². The molecule has 5 nitrogen and oxygen atoms in total. The molecule has 18 heavy (non-hydrogen) atoms. The summed E-state index contributed by atoms with van der Waals surface area (Å²) in [5, 5.41) is 9.00. The van der Waals surface area contributed by atoms with Gasteiger partial charge in [0.15, 0.2) is 0 Å². The van der Waals surface area contributed by atoms with Crippen LogP contribution in [0, 0.1) is 5.92 Å². The van der Waals surface area contributed by atoms with Crippen molar-refractivity contribution in [1.82, 2.24) is 4.72 Å². The molecule has 1 aromatic carbocycles. The lowest BCUT2D eigenvalue weighted by Gasteiger charge is -2.10. The SMILES string of the molecule is O=S(=O)(NCC1CCOC1)c1cccc(CO)c1. The van der Waals surface area contributed by atoms with E-state index in [0.717, 1.165) is 6.42 Å². The number of ether oxygens (including phenoxy) is 1. The van der Waals surface area contributed by atoms with E-state index in [9.17, 15) is 8.42 Å². The smallest absolute Gasteiger partial charge is 0.240 e. The fraction of sp³-hybridized carbons (Fsp3) is 0.500. The molecule has 0 amide bonds. The molecule has 0 aromatic heterocycles. The first-order chi connectivity index (χ1) is 8.62. The lowest BCUT2D eigenvalue weighted by molar-refractivity contribution is 0.186. The van der Waals surface area contributed by atoms with Crippen molar-refractivity contribution in [3.63, 3.8) is 0 Å². The highest BCUT2D eigenvalue weighted by Crippen LogP contribution is 2.14. The van der Waals surface area contributed by atoms with Crippen LogP contribution in [0.15, 0.2) is 29.2 Å². The lowest BCUT2D eigenvalue weighted by Crippen LogP contribution is -2.29. The van der Waals surface area contributed by atoms with Gasteiger partial charge in [-0.3, -0.25) is 0 Å². The summed E-state index contributed by atoms with van der Waals surface area (Å²) in [6.45, 7) is 1.54. The van der Waals surface area contributed by atoms with E-state index in [1.165, 1.54) is 12.1 Å². The van der Waals surface area contributed by atoms with Gasteiger partial charge in [-0.25, -0.2) is 13.1 Å². The molecule has 1 aromatic rings. The van der Waals surface area contributed by atoms with E-state index in [2.05, 4.69) is 4.72 Å². The molecule has 6 heteroatoms. The highest BCUT2D eigenvalue weighted by atomic mass is 32.2. The van der Waals surface area contributed by atoms with E-state index in [0.29, 0.717) is 25.3 Å². The zero-order valence-electron chi connectivity index (χ0n) is 10.0. The Morgan fingerprint density at radius 3 is 2.94 bits per heavy atom. The number of aliphatic hydroxyl groups is 1. The minimum absolute atomic E-state index is 0.167. The molecule has 0 saturated carbocycles. The van der Waals surface area contributed by atoms with E-state index < -0.39 is 10.0 Å². The second-order valence-electron chi connectivity index (χ2n) is 4.39. The van der Waals surface area contributed by atoms with E-state index in [1.807, 2.05) is 0 Å². The number of hydrogen-bond acceptors (Lipinski definition) is 4. The van der Waals surface area contributed by atoms with E-state index >= 15 is 0 Å². The molecule has 1 fully saturated rings. The van der Waals surface area contributed by atoms with Gasteiger partial charge in [0.05, 0.1) is 18.1 Å². The Kier molecular flexibility index (Phi) is 4.34. The minimum Gasteiger partial charge on any atom is -0.392 e. The van der Waals surface area contributed by atoms with Crippen LogP contribution in [0.4, 0.5) is 0 Å². The molecular formula is C12H17NO4S. The molecule has 1 aliphatic rings. The molecule has 2 N–H and O–H groups in total. The van der Waals surface area contributed by atoms with Crippen LogP contribution in [0.5, 0.6) is 0 Å². The second-order valence-corrected chi connectivity index (χ2v) is 6.15. The summed E-state index contributed by atoms with van der Waals surface area (Å²) in [6, 6.07) is 6.31. The molecule has 1 heterocycles. The Hall–Kier alpha value is -0.950. The van der Waals surface area contributed by atoms with E-state index in [-0.39, 0.29) is 17.4 Å². The van der Waals surface area contributed by atoms with Crippen LogP contribution in [0.2, 0.25) is 0 Å². The predicted molar refractivity (Wildman–Crippen MR) is 66.5 cm³/mol. The van der Waals surface area contributed by atoms with Gasteiger partial charge in [0.25, 0.3) is 0 Å². The molecule has 1 saturated heterocycles. The van der Waals surface area contributed by atoms with E-state index in [1.54, 1.807) is 12.1 Å². The van der Waals surface area contributed by atoms with Crippen LogP contribution < -0.4 is 4.72 Å². The van der Waals surface area contributed by atoms with Gasteiger partial charge in [0.2, 0.25) is 10.0 Å². The Morgan fingerprint density at radius 2 is 2.28 bits per heavy atom. The molecule has 2 rings (SSSR count). The van der Waals surface area contributed by atoms with Crippen LogP contribution in [0.25, 0.3) is 0 Å². The number of sulfonamides is 1. The third-order valence-electron chi connectivity index (χ3n) is 2.98. The maximum Gasteiger partial charge on any atom is 0.240 e. The maximum absolute atomic E-state index is 12.0. The largest absolute Gasteiger partial charge is 0.392 e. The predicted octanol–water partition coefficient (Wildman–Crippen LogP) is 0.494. The summed E-state index contributed by atoms with van der Waals surface area (Å²) in [7, 11) is -3.50. The lowest BCUT2D eigenvalue weighted by atomic mass is 10.1. The number of rotatable bonds is 5. The van der Waals surface area contributed by atoms with Gasteiger partial charge in [0.1, 0.15) is 0 Å². The van der Waals surface area contributed by atoms with Gasteiger partial charge < -0.3 is 9.84 Å². The first-order valence-corrected chi connectivity index (χ1v) is 7.37. The summed E-state index contributed by atoms with van der Waals surface area (Å²) < 4.78 is 31.8. The molecule has 1 aliphatic heterocycles. The van der Waals surface area contributed by atoms with Gasteiger partial charge in [-0.1, -0.05) is 12.1 Å². The Balaban J connectivity index is 2.04. The van der Waals surface area contributed by atoms with Gasteiger partial charge in [-0.15, -0.1) is 0 Å². The number of nitrogens with one attached hydrogen (secondary N) is 1. The normalized spacial score (nSPS) is 20.2. The Bertz CT molecular complexity index is 495. The molecule has 0 radical (unpaired) electrons. The third-order valence-corrected chi connectivity index (χ3v) is 4.40. The first-order valence-electron chi connectivity index (χ1n) is 5.89. The quantitative estimate of drug-likeness (QED) is 0.817. The molecular weight excluding hydrogens is 254 g/mol. The highest BCUT2D eigenvalue weighted by Gasteiger charge is 2.20. The van der Waals surface area contributed by atoms with Gasteiger partial charge in [-0.2, -0.15) is 0 Å². The van der Waals surface area contributed by atoms with Crippen molar-refractivity contribution < 1.29 is 18.3 Å². The summed E-state index contributed by atoms with van der Waals surface area (Å²) >= 11 is 0. The topological polar surface area (TPSA) is 75.6 Å². The van der Waals surface area contributed by atoms with Crippen LogP contribution >= 0.6 is 0 Å². The maximum atomic E-state index is 12.0. The number of benzene rings is 1. The van der Waals surface area contributed by atoms with Crippen molar-refractivity contribution in [3.05, 3.63) is 29.8 Å². The van der Waals surface area contributed by atoms with Crippen molar-refractivity contribution >= 4 is 10.0 Å². The van der Waals surface area contributed by atoms with Gasteiger partial charge >= 0.3 is 0 Å². The van der Waals surface area contributed by atoms with Crippen LogP contribution in [-0.2, 0) is 21.4 Å². The Labute approximate surface area is 107 Å². The zero-order valence-corrected chi connectivity index (χ0v) is 10.8. The monoisotopic (exact) mass is 271 g/mol. The van der Waals surface area contributed by atoms with E-state index in [4.69, 9.17) is 9.84 Å². The molecule has 0 aliphatic carbocycles. The average Bonchev–Trinajstić information content (AvgIpc) is 2.90. The minimum atomic E-state index is -3.50. The average molecular weight is 271 g/mol. The zero-order chi connectivity index (χ0) is 13.0. The molecule has 1 unspecified atom stereocenters. The summed E-state index contributed by atoms with van der Waals surface area (Å²) in [5.41, 5.74) is 0.585. The van der Waals surface area contributed by atoms with Crippen LogP contribution in [0.3, 0.4) is 0 Å².